The fraction of sp³-hybridized carbons (Fsp3) is 0.111. The predicted octanol–water partition coefficient (Wildman–Crippen LogP) is 5.37. The Hall–Kier alpha value is -4.72. The molecule has 1 aromatic heterocycles. The van der Waals surface area contributed by atoms with Gasteiger partial charge in [-0.15, -0.1) is 0 Å². The molecule has 0 unspecified atom stereocenters. The molecule has 0 saturated carbocycles. The third-order valence-corrected chi connectivity index (χ3v) is 5.24. The highest BCUT2D eigenvalue weighted by Crippen LogP contribution is 2.28. The van der Waals surface area contributed by atoms with Crippen LogP contribution < -0.4 is 14.8 Å². The molecule has 0 radical (unpaired) electrons. The summed E-state index contributed by atoms with van der Waals surface area (Å²) in [5.74, 6) is 1.91. The number of hydrogen-bond acceptors (Lipinski definition) is 7. The van der Waals surface area contributed by atoms with E-state index in [-0.39, 0.29) is 0 Å². The lowest BCUT2D eigenvalue weighted by Gasteiger charge is -2.12. The number of nitrogens with one attached hydrogen (secondary N) is 1. The Morgan fingerprint density at radius 2 is 1.51 bits per heavy atom. The highest BCUT2D eigenvalue weighted by Gasteiger charge is 2.13. The van der Waals surface area contributed by atoms with Gasteiger partial charge in [0.25, 0.3) is 0 Å². The summed E-state index contributed by atoms with van der Waals surface area (Å²) in [7, 11) is 3.25. The first kappa shape index (κ1) is 23.4. The van der Waals surface area contributed by atoms with Crippen molar-refractivity contribution < 1.29 is 19.4 Å². The van der Waals surface area contributed by atoms with Crippen LogP contribution in [-0.2, 0) is 4.79 Å². The molecule has 35 heavy (non-hydrogen) atoms. The fourth-order valence-corrected chi connectivity index (χ4v) is 3.41. The Bertz CT molecular complexity index is 1370. The molecule has 0 fully saturated rings. The zero-order valence-electron chi connectivity index (χ0n) is 19.5. The molecule has 2 N–H and O–H groups in total. The first-order valence-electron chi connectivity index (χ1n) is 10.8. The number of methoxy groups -OCH3 is 2. The van der Waals surface area contributed by atoms with E-state index < -0.39 is 5.97 Å². The smallest absolute Gasteiger partial charge is 0.328 e. The summed E-state index contributed by atoms with van der Waals surface area (Å²) in [6.07, 6.45) is 2.63. The van der Waals surface area contributed by atoms with Crippen molar-refractivity contribution in [3.8, 4) is 34.3 Å². The van der Waals surface area contributed by atoms with E-state index in [0.717, 1.165) is 45.5 Å². The maximum atomic E-state index is 10.7. The second-order valence-electron chi connectivity index (χ2n) is 7.63. The molecule has 1 heterocycles. The van der Waals surface area contributed by atoms with Gasteiger partial charge in [0.2, 0.25) is 5.95 Å². The van der Waals surface area contributed by atoms with Crippen LogP contribution in [0.2, 0.25) is 0 Å². The summed E-state index contributed by atoms with van der Waals surface area (Å²) in [4.78, 5) is 24.8. The fourth-order valence-electron chi connectivity index (χ4n) is 3.41. The van der Waals surface area contributed by atoms with Crippen LogP contribution in [0.15, 0.2) is 72.8 Å². The minimum atomic E-state index is -0.996. The molecular weight excluding hydrogens is 444 g/mol. The predicted molar refractivity (Wildman–Crippen MR) is 135 cm³/mol. The zero-order chi connectivity index (χ0) is 24.8. The SMILES string of the molecule is COc1ccc(-c2nc(Nc3ccc(C=CC(=O)O)cc3)nc(-c3ccc(OC)cc3C)n2)cc1. The number of ether oxygens (including phenoxy) is 2. The van der Waals surface area contributed by atoms with Gasteiger partial charge in [-0.05, 0) is 78.7 Å². The van der Waals surface area contributed by atoms with Gasteiger partial charge in [-0.3, -0.25) is 0 Å². The third kappa shape index (κ3) is 5.80. The lowest BCUT2D eigenvalue weighted by molar-refractivity contribution is -0.131. The number of nitrogens with zero attached hydrogens (tertiary/aromatic N) is 3. The Morgan fingerprint density at radius 3 is 2.14 bits per heavy atom. The minimum absolute atomic E-state index is 0.380. The first-order valence-corrected chi connectivity index (χ1v) is 10.8. The van der Waals surface area contributed by atoms with Gasteiger partial charge in [-0.1, -0.05) is 12.1 Å². The Labute approximate surface area is 202 Å². The van der Waals surface area contributed by atoms with Crippen molar-refractivity contribution in [2.75, 3.05) is 19.5 Å². The number of aromatic nitrogens is 3. The van der Waals surface area contributed by atoms with E-state index in [0.29, 0.717) is 17.6 Å². The molecule has 0 saturated heterocycles. The van der Waals surface area contributed by atoms with Crippen molar-refractivity contribution in [1.29, 1.82) is 0 Å². The Kier molecular flexibility index (Phi) is 7.02. The van der Waals surface area contributed by atoms with Crippen molar-refractivity contribution in [1.82, 2.24) is 15.0 Å². The van der Waals surface area contributed by atoms with Gasteiger partial charge in [0.15, 0.2) is 11.6 Å². The monoisotopic (exact) mass is 468 g/mol. The molecule has 0 atom stereocenters. The van der Waals surface area contributed by atoms with Gasteiger partial charge in [0.05, 0.1) is 14.2 Å². The maximum Gasteiger partial charge on any atom is 0.328 e. The summed E-state index contributed by atoms with van der Waals surface area (Å²) in [6, 6.07) is 20.5. The normalized spacial score (nSPS) is 10.8. The van der Waals surface area contributed by atoms with Gasteiger partial charge in [0.1, 0.15) is 11.5 Å². The van der Waals surface area contributed by atoms with E-state index >= 15 is 0 Å². The van der Waals surface area contributed by atoms with Crippen LogP contribution in [0.1, 0.15) is 11.1 Å². The van der Waals surface area contributed by atoms with Gasteiger partial charge >= 0.3 is 5.97 Å². The summed E-state index contributed by atoms with van der Waals surface area (Å²) in [6.45, 7) is 1.98. The van der Waals surface area contributed by atoms with Crippen molar-refractivity contribution >= 4 is 23.7 Å². The largest absolute Gasteiger partial charge is 0.497 e. The second-order valence-corrected chi connectivity index (χ2v) is 7.63. The quantitative estimate of drug-likeness (QED) is 0.332. The summed E-state index contributed by atoms with van der Waals surface area (Å²) in [5, 5.41) is 12.0. The van der Waals surface area contributed by atoms with E-state index in [1.807, 2.05) is 73.7 Å². The zero-order valence-corrected chi connectivity index (χ0v) is 19.5. The summed E-state index contributed by atoms with van der Waals surface area (Å²) >= 11 is 0. The lowest BCUT2D eigenvalue weighted by atomic mass is 10.1. The number of hydrogen-bond donors (Lipinski definition) is 2. The van der Waals surface area contributed by atoms with Crippen LogP contribution in [-0.4, -0.2) is 40.2 Å². The molecule has 3 aromatic carbocycles. The molecule has 8 heteroatoms. The number of anilines is 2. The molecule has 4 aromatic rings. The number of carboxylic acid groups (broad SMARTS) is 1. The van der Waals surface area contributed by atoms with Crippen molar-refractivity contribution in [2.24, 2.45) is 0 Å². The highest BCUT2D eigenvalue weighted by atomic mass is 16.5. The number of benzene rings is 3. The first-order chi connectivity index (χ1) is 16.9. The van der Waals surface area contributed by atoms with Crippen LogP contribution in [0.4, 0.5) is 11.6 Å². The number of rotatable bonds is 8. The van der Waals surface area contributed by atoms with Crippen LogP contribution in [0.3, 0.4) is 0 Å². The lowest BCUT2D eigenvalue weighted by Crippen LogP contribution is -2.04. The van der Waals surface area contributed by atoms with Crippen LogP contribution >= 0.6 is 0 Å². The topological polar surface area (TPSA) is 106 Å². The molecule has 0 aliphatic carbocycles. The number of aliphatic carboxylic acids is 1. The standard InChI is InChI=1S/C27H24N4O4/c1-17-16-22(35-3)13-14-23(17)26-29-25(19-7-11-21(34-2)12-8-19)30-27(31-26)28-20-9-4-18(5-10-20)6-15-24(32)33/h4-16H,1-3H3,(H,32,33)(H,28,29,30,31). The Morgan fingerprint density at radius 1 is 0.857 bits per heavy atom. The molecule has 8 nitrogen and oxygen atoms in total. The number of carboxylic acids is 1. The molecule has 0 aliphatic rings. The average Bonchev–Trinajstić information content (AvgIpc) is 2.88. The molecule has 4 rings (SSSR count). The van der Waals surface area contributed by atoms with Crippen molar-refractivity contribution in [3.63, 3.8) is 0 Å². The van der Waals surface area contributed by atoms with Gasteiger partial charge in [-0.25, -0.2) is 9.78 Å². The van der Waals surface area contributed by atoms with Crippen LogP contribution in [0.25, 0.3) is 28.9 Å². The van der Waals surface area contributed by atoms with Crippen LogP contribution in [0, 0.1) is 6.92 Å². The summed E-state index contributed by atoms with van der Waals surface area (Å²) in [5.41, 5.74) is 4.17. The van der Waals surface area contributed by atoms with Crippen molar-refractivity contribution in [3.05, 3.63) is 83.9 Å². The number of carbonyl (C=O) groups is 1. The van der Waals surface area contributed by atoms with Crippen molar-refractivity contribution in [2.45, 2.75) is 6.92 Å². The average molecular weight is 469 g/mol. The second kappa shape index (κ2) is 10.5. The van der Waals surface area contributed by atoms with E-state index in [4.69, 9.17) is 19.6 Å². The molecule has 0 spiro atoms. The van der Waals surface area contributed by atoms with Crippen LogP contribution in [0.5, 0.6) is 11.5 Å². The molecule has 0 bridgehead atoms. The summed E-state index contributed by atoms with van der Waals surface area (Å²) < 4.78 is 10.6. The molecule has 0 amide bonds. The molecule has 176 valence electrons. The molecule has 0 aliphatic heterocycles. The molecular formula is C27H24N4O4. The van der Waals surface area contributed by atoms with Gasteiger partial charge in [-0.2, -0.15) is 9.97 Å². The highest BCUT2D eigenvalue weighted by molar-refractivity contribution is 5.85. The minimum Gasteiger partial charge on any atom is -0.497 e. The van der Waals surface area contributed by atoms with E-state index in [1.54, 1.807) is 14.2 Å². The van der Waals surface area contributed by atoms with E-state index in [1.165, 1.54) is 6.08 Å². The van der Waals surface area contributed by atoms with Gasteiger partial charge in [0, 0.05) is 22.9 Å². The Balaban J connectivity index is 1.73. The number of aryl methyl sites for hydroxylation is 1. The van der Waals surface area contributed by atoms with Gasteiger partial charge < -0.3 is 19.9 Å². The van der Waals surface area contributed by atoms with E-state index in [2.05, 4.69) is 15.3 Å². The maximum absolute atomic E-state index is 10.7. The third-order valence-electron chi connectivity index (χ3n) is 5.24. The van der Waals surface area contributed by atoms with E-state index in [9.17, 15) is 4.79 Å².